The summed E-state index contributed by atoms with van der Waals surface area (Å²) in [7, 11) is 0. The summed E-state index contributed by atoms with van der Waals surface area (Å²) >= 11 is 0. The van der Waals surface area contributed by atoms with E-state index in [4.69, 9.17) is 31.4 Å². The lowest BCUT2D eigenvalue weighted by Gasteiger charge is -2.39. The number of amides is 4. The van der Waals surface area contributed by atoms with Crippen LogP contribution in [0.4, 0.5) is 22.1 Å². The molecule has 17 heteroatoms. The van der Waals surface area contributed by atoms with Crippen LogP contribution in [-0.2, 0) is 22.6 Å². The molecule has 4 aromatic rings. The number of hydrogen-bond donors (Lipinski definition) is 5. The number of benzene rings is 2. The molecule has 1 aliphatic rings. The molecular formula is C37H48N10O7. The zero-order valence-corrected chi connectivity index (χ0v) is 31.2. The standard InChI is InChI=1S/C37H48N10O7/c1-6-47-29(16-22(2)44-47)34(50)43-35-42-27-18-23(32(39)48)10-11-28(27)46(35)13-8-7-12-41-31-26(38)17-24(33(40)49)19-30(31)53-15-9-14-52-25-20-45(21-25)36(51)54-37(3,4)5/h7-8,10-11,16-19,25,41H,6,9,12-15,20-21,38H2,1-5H3,(H2,39,48)(H2,40,49)(H,42,43,50)/b8-7+. The van der Waals surface area contributed by atoms with E-state index in [9.17, 15) is 19.2 Å². The van der Waals surface area contributed by atoms with Crippen LogP contribution in [0.15, 0.2) is 48.6 Å². The summed E-state index contributed by atoms with van der Waals surface area (Å²) < 4.78 is 20.7. The Hall–Kier alpha value is -6.10. The van der Waals surface area contributed by atoms with Crippen LogP contribution in [0.2, 0.25) is 0 Å². The number of aryl methyl sites for hydroxylation is 2. The first-order valence-corrected chi connectivity index (χ1v) is 17.6. The number of ether oxygens (including phenoxy) is 3. The fourth-order valence-corrected chi connectivity index (χ4v) is 5.71. The molecule has 3 heterocycles. The number of anilines is 3. The van der Waals surface area contributed by atoms with Gasteiger partial charge in [-0.15, -0.1) is 0 Å². The predicted octanol–water partition coefficient (Wildman–Crippen LogP) is 3.67. The number of nitrogens with two attached hydrogens (primary N) is 3. The molecule has 1 saturated heterocycles. The third-order valence-electron chi connectivity index (χ3n) is 8.36. The van der Waals surface area contributed by atoms with Crippen LogP contribution >= 0.6 is 0 Å². The van der Waals surface area contributed by atoms with Gasteiger partial charge in [-0.2, -0.15) is 5.10 Å². The molecule has 0 unspecified atom stereocenters. The number of nitrogen functional groups attached to an aromatic ring is 1. The monoisotopic (exact) mass is 744 g/mol. The van der Waals surface area contributed by atoms with E-state index in [-0.39, 0.29) is 41.9 Å². The lowest BCUT2D eigenvalue weighted by Crippen LogP contribution is -2.56. The topological polar surface area (TPSA) is 237 Å². The van der Waals surface area contributed by atoms with Gasteiger partial charge >= 0.3 is 6.09 Å². The van der Waals surface area contributed by atoms with E-state index in [1.165, 1.54) is 12.1 Å². The van der Waals surface area contributed by atoms with Crippen molar-refractivity contribution in [3.63, 3.8) is 0 Å². The van der Waals surface area contributed by atoms with Crippen molar-refractivity contribution in [2.45, 2.75) is 65.8 Å². The van der Waals surface area contributed by atoms with Gasteiger partial charge < -0.3 is 46.2 Å². The molecule has 288 valence electrons. The van der Waals surface area contributed by atoms with Gasteiger partial charge in [-0.1, -0.05) is 12.2 Å². The molecule has 8 N–H and O–H groups in total. The molecule has 0 radical (unpaired) electrons. The van der Waals surface area contributed by atoms with Gasteiger partial charge in [0.2, 0.25) is 17.8 Å². The normalized spacial score (nSPS) is 13.2. The van der Waals surface area contributed by atoms with Gasteiger partial charge in [0.25, 0.3) is 5.91 Å². The maximum Gasteiger partial charge on any atom is 0.410 e. The number of nitrogens with zero attached hydrogens (tertiary/aromatic N) is 5. The van der Waals surface area contributed by atoms with Crippen LogP contribution in [0.3, 0.4) is 0 Å². The summed E-state index contributed by atoms with van der Waals surface area (Å²) in [5.41, 5.74) is 20.3. The number of aromatic nitrogens is 4. The second-order valence-electron chi connectivity index (χ2n) is 13.8. The Labute approximate surface area is 312 Å². The van der Waals surface area contributed by atoms with Gasteiger partial charge in [-0.3, -0.25) is 24.4 Å². The molecule has 1 fully saturated rings. The third kappa shape index (κ3) is 9.65. The minimum atomic E-state index is -0.645. The Kier molecular flexibility index (Phi) is 12.1. The molecule has 2 aromatic carbocycles. The minimum Gasteiger partial charge on any atom is -0.491 e. The maximum absolute atomic E-state index is 13.3. The molecule has 1 aliphatic heterocycles. The molecule has 2 aromatic heterocycles. The van der Waals surface area contributed by atoms with E-state index in [1.807, 2.05) is 46.8 Å². The van der Waals surface area contributed by atoms with Crippen molar-refractivity contribution in [3.8, 4) is 5.75 Å². The SMILES string of the molecule is CCn1nc(C)cc1C(=O)Nc1nc2cc(C(N)=O)ccc2n1C/C=C/CNc1c(N)cc(C(N)=O)cc1OCCCOC1CN(C(=O)OC(C)(C)C)C1. The number of carbonyl (C=O) groups excluding carboxylic acids is 4. The van der Waals surface area contributed by atoms with Crippen LogP contribution in [0.1, 0.15) is 71.0 Å². The van der Waals surface area contributed by atoms with Crippen molar-refractivity contribution in [1.29, 1.82) is 0 Å². The lowest BCUT2D eigenvalue weighted by molar-refractivity contribution is -0.0647. The third-order valence-corrected chi connectivity index (χ3v) is 8.36. The van der Waals surface area contributed by atoms with Gasteiger partial charge in [-0.05, 0) is 71.0 Å². The van der Waals surface area contributed by atoms with Crippen molar-refractivity contribution in [1.82, 2.24) is 24.2 Å². The quantitative estimate of drug-likeness (QED) is 0.0630. The van der Waals surface area contributed by atoms with E-state index in [2.05, 4.69) is 20.7 Å². The van der Waals surface area contributed by atoms with Crippen molar-refractivity contribution < 1.29 is 33.4 Å². The van der Waals surface area contributed by atoms with E-state index in [1.54, 1.807) is 38.4 Å². The molecular weight excluding hydrogens is 696 g/mol. The van der Waals surface area contributed by atoms with Crippen molar-refractivity contribution >= 4 is 52.2 Å². The van der Waals surface area contributed by atoms with Crippen molar-refractivity contribution in [2.24, 2.45) is 11.5 Å². The summed E-state index contributed by atoms with van der Waals surface area (Å²) in [5, 5.41) is 10.5. The first kappa shape index (κ1) is 39.1. The number of nitrogens with one attached hydrogen (secondary N) is 2. The summed E-state index contributed by atoms with van der Waals surface area (Å²) in [6.45, 7) is 11.9. The first-order valence-electron chi connectivity index (χ1n) is 17.6. The Morgan fingerprint density at radius 1 is 1.00 bits per heavy atom. The van der Waals surface area contributed by atoms with Crippen LogP contribution in [0, 0.1) is 6.92 Å². The molecule has 0 aliphatic carbocycles. The van der Waals surface area contributed by atoms with Crippen LogP contribution in [0.25, 0.3) is 11.0 Å². The second-order valence-corrected chi connectivity index (χ2v) is 13.8. The predicted molar refractivity (Wildman–Crippen MR) is 204 cm³/mol. The molecule has 0 spiro atoms. The Morgan fingerprint density at radius 2 is 1.74 bits per heavy atom. The van der Waals surface area contributed by atoms with Gasteiger partial charge in [-0.25, -0.2) is 9.78 Å². The number of carbonyl (C=O) groups is 4. The van der Waals surface area contributed by atoms with Gasteiger partial charge in [0, 0.05) is 37.2 Å². The number of primary amides is 2. The highest BCUT2D eigenvalue weighted by Crippen LogP contribution is 2.33. The Balaban J connectivity index is 1.21. The molecule has 54 heavy (non-hydrogen) atoms. The Morgan fingerprint density at radius 3 is 2.43 bits per heavy atom. The fourth-order valence-electron chi connectivity index (χ4n) is 5.71. The minimum absolute atomic E-state index is 0.0781. The summed E-state index contributed by atoms with van der Waals surface area (Å²) in [4.78, 5) is 55.5. The smallest absolute Gasteiger partial charge is 0.410 e. The van der Waals surface area contributed by atoms with Crippen LogP contribution < -0.4 is 32.6 Å². The molecule has 4 amide bonds. The molecule has 5 rings (SSSR count). The highest BCUT2D eigenvalue weighted by atomic mass is 16.6. The number of fused-ring (bicyclic) bond motifs is 1. The first-order chi connectivity index (χ1) is 25.6. The molecule has 0 bridgehead atoms. The van der Waals surface area contributed by atoms with E-state index in [0.717, 1.165) is 0 Å². The highest BCUT2D eigenvalue weighted by Gasteiger charge is 2.34. The average molecular weight is 745 g/mol. The fraction of sp³-hybridized carbons (Fsp3) is 0.405. The number of allylic oxidation sites excluding steroid dienone is 1. The average Bonchev–Trinajstić information content (AvgIpc) is 3.63. The summed E-state index contributed by atoms with van der Waals surface area (Å²) in [5.74, 6) is -0.981. The zero-order valence-electron chi connectivity index (χ0n) is 31.2. The van der Waals surface area contributed by atoms with Gasteiger partial charge in [0.15, 0.2) is 0 Å². The van der Waals surface area contributed by atoms with Crippen molar-refractivity contribution in [2.75, 3.05) is 49.2 Å². The van der Waals surface area contributed by atoms with Crippen molar-refractivity contribution in [3.05, 3.63) is 71.1 Å². The Bertz CT molecular complexity index is 2060. The summed E-state index contributed by atoms with van der Waals surface area (Å²) in [6, 6.07) is 9.63. The second kappa shape index (κ2) is 16.7. The molecule has 0 atom stereocenters. The largest absolute Gasteiger partial charge is 0.491 e. The van der Waals surface area contributed by atoms with Gasteiger partial charge in [0.1, 0.15) is 22.7 Å². The number of hydrogen-bond acceptors (Lipinski definition) is 11. The molecule has 0 saturated carbocycles. The highest BCUT2D eigenvalue weighted by molar-refractivity contribution is 6.03. The zero-order chi connectivity index (χ0) is 39.2. The lowest BCUT2D eigenvalue weighted by atomic mass is 10.1. The van der Waals surface area contributed by atoms with Crippen LogP contribution in [-0.4, -0.2) is 92.6 Å². The number of likely N-dealkylation sites (tertiary alicyclic amines) is 1. The van der Waals surface area contributed by atoms with Crippen LogP contribution in [0.5, 0.6) is 5.75 Å². The van der Waals surface area contributed by atoms with Gasteiger partial charge in [0.05, 0.1) is 54.8 Å². The number of imidazole rings is 1. The summed E-state index contributed by atoms with van der Waals surface area (Å²) in [6.07, 6.45) is 3.85. The number of rotatable bonds is 16. The van der Waals surface area contributed by atoms with E-state index in [0.29, 0.717) is 85.2 Å². The van der Waals surface area contributed by atoms with E-state index >= 15 is 0 Å². The molecule has 17 nitrogen and oxygen atoms in total. The maximum atomic E-state index is 13.3. The van der Waals surface area contributed by atoms with E-state index < -0.39 is 17.4 Å².